The number of Topliss-reactive ketones (excluding diaryl/α,β-unsaturated/α-hetero) is 2. The Kier molecular flexibility index (Phi) is 31.1. The Bertz CT molecular complexity index is 5220. The fraction of sp³-hybridized carbons (Fsp3) is 0.545. The monoisotopic (exact) mass is 1820 g/mol. The van der Waals surface area contributed by atoms with Crippen molar-refractivity contribution in [2.75, 3.05) is 24.3 Å². The third kappa shape index (κ3) is 18.5. The van der Waals surface area contributed by atoms with Gasteiger partial charge in [0, 0.05) is 91.1 Å². The molecule has 7 aromatic rings. The van der Waals surface area contributed by atoms with Crippen molar-refractivity contribution in [2.45, 2.75) is 256 Å². The molecule has 662 valence electrons. The molecular formula is C101H115Cl6F3N9O6+. The Morgan fingerprint density at radius 3 is 1.23 bits per heavy atom. The van der Waals surface area contributed by atoms with E-state index in [1.54, 1.807) is 43.6 Å². The number of ketones is 2. The average molecular weight is 1820 g/mol. The van der Waals surface area contributed by atoms with Crippen molar-refractivity contribution in [3.63, 3.8) is 0 Å². The van der Waals surface area contributed by atoms with Crippen molar-refractivity contribution < 1.29 is 47.6 Å². The van der Waals surface area contributed by atoms with Crippen LogP contribution < -0.4 is 10.5 Å². The molecule has 0 amide bonds. The van der Waals surface area contributed by atoms with Crippen LogP contribution in [0.3, 0.4) is 0 Å². The van der Waals surface area contributed by atoms with E-state index in [1.165, 1.54) is 71.7 Å². The van der Waals surface area contributed by atoms with Gasteiger partial charge in [-0.1, -0.05) is 111 Å². The first-order chi connectivity index (χ1) is 59.4. The summed E-state index contributed by atoms with van der Waals surface area (Å²) in [5.41, 5.74) is 18.3. The van der Waals surface area contributed by atoms with Crippen LogP contribution in [0.1, 0.15) is 261 Å². The van der Waals surface area contributed by atoms with E-state index in [9.17, 15) is 38.2 Å². The summed E-state index contributed by atoms with van der Waals surface area (Å²) in [4.78, 5) is 46.3. The van der Waals surface area contributed by atoms with Crippen molar-refractivity contribution in [1.29, 1.82) is 5.26 Å². The number of nitriles is 1. The molecule has 0 spiro atoms. The molecule has 13 aliphatic rings. The molecule has 125 heavy (non-hydrogen) atoms. The Morgan fingerprint density at radius 2 is 0.872 bits per heavy atom. The van der Waals surface area contributed by atoms with Crippen LogP contribution in [0.25, 0.3) is 19.4 Å². The van der Waals surface area contributed by atoms with Crippen molar-refractivity contribution in [2.24, 2.45) is 69.0 Å². The number of aryl methyl sites for hydroxylation is 1. The van der Waals surface area contributed by atoms with E-state index in [0.29, 0.717) is 167 Å². The second kappa shape index (κ2) is 40.4. The minimum Gasteiger partial charge on any atom is -0.407 e. The number of benzene rings is 4. The predicted octanol–water partition coefficient (Wildman–Crippen LogP) is 25.9. The third-order valence-corrected chi connectivity index (χ3v) is 33.8. The van der Waals surface area contributed by atoms with Gasteiger partial charge in [0.05, 0.1) is 76.4 Å². The van der Waals surface area contributed by atoms with Crippen LogP contribution in [-0.2, 0) is 52.9 Å². The maximum atomic E-state index is 14.4. The number of fused-ring (bicyclic) bond motifs is 20. The number of anilines is 1. The molecule has 5 N–H and O–H groups in total. The lowest BCUT2D eigenvalue weighted by Gasteiger charge is -2.53. The molecule has 4 aromatic carbocycles. The summed E-state index contributed by atoms with van der Waals surface area (Å²) < 4.78 is 46.6. The van der Waals surface area contributed by atoms with Crippen LogP contribution in [0, 0.1) is 131 Å². The van der Waals surface area contributed by atoms with Gasteiger partial charge in [-0.25, -0.2) is 28.2 Å². The van der Waals surface area contributed by atoms with Crippen LogP contribution in [0.5, 0.6) is 0 Å². The largest absolute Gasteiger partial charge is 0.407 e. The number of carbonyl (C=O) groups excluding carboxylic acids is 2. The van der Waals surface area contributed by atoms with E-state index < -0.39 is 17.0 Å². The highest BCUT2D eigenvalue weighted by molar-refractivity contribution is 6.40. The van der Waals surface area contributed by atoms with Gasteiger partial charge >= 0.3 is 0 Å². The molecule has 1 saturated heterocycles. The lowest BCUT2D eigenvalue weighted by molar-refractivity contribution is -0.905. The first-order valence-electron chi connectivity index (χ1n) is 44.3. The van der Waals surface area contributed by atoms with Crippen molar-refractivity contribution in [3.8, 4) is 6.07 Å². The van der Waals surface area contributed by atoms with Gasteiger partial charge in [0.25, 0.3) is 6.20 Å². The number of aliphatic hydroxyl groups is 2. The minimum atomic E-state index is -0.961. The number of halogens is 9. The van der Waals surface area contributed by atoms with Crippen molar-refractivity contribution in [1.82, 2.24) is 9.97 Å². The van der Waals surface area contributed by atoms with Gasteiger partial charge in [0.1, 0.15) is 23.2 Å². The van der Waals surface area contributed by atoms with Crippen molar-refractivity contribution in [3.05, 3.63) is 243 Å². The molecule has 15 nitrogen and oxygen atoms in total. The molecule has 0 bridgehead atoms. The number of alkyl halides is 2. The Hall–Kier alpha value is -7.87. The first-order valence-corrected chi connectivity index (χ1v) is 46.5. The van der Waals surface area contributed by atoms with E-state index in [-0.39, 0.29) is 57.5 Å². The molecule has 12 unspecified atom stereocenters. The highest BCUT2D eigenvalue weighted by Gasteiger charge is 2.64. The second-order valence-corrected chi connectivity index (χ2v) is 39.7. The van der Waals surface area contributed by atoms with Gasteiger partial charge in [0.15, 0.2) is 5.82 Å². The molecule has 9 fully saturated rings. The van der Waals surface area contributed by atoms with Gasteiger partial charge in [-0.3, -0.25) is 24.8 Å². The third-order valence-electron chi connectivity index (χ3n) is 32.6. The smallest absolute Gasteiger partial charge is 0.258 e. The fourth-order valence-electron chi connectivity index (χ4n) is 26.0. The molecule has 4 heterocycles. The molecule has 20 rings (SSSR count). The zero-order valence-electron chi connectivity index (χ0n) is 72.3. The van der Waals surface area contributed by atoms with Crippen LogP contribution in [0.2, 0.25) is 15.1 Å². The summed E-state index contributed by atoms with van der Waals surface area (Å²) in [5, 5.41) is 42.5. The first kappa shape index (κ1) is 96.2. The summed E-state index contributed by atoms with van der Waals surface area (Å²) in [6, 6.07) is 22.6. The van der Waals surface area contributed by atoms with Gasteiger partial charge in [-0.05, 0) is 311 Å². The molecule has 24 heteroatoms. The normalized spacial score (nSPS) is 31.2. The van der Waals surface area contributed by atoms with E-state index in [2.05, 4.69) is 81.3 Å². The number of carbonyl (C=O) groups is 2. The maximum absolute atomic E-state index is 14.4. The van der Waals surface area contributed by atoms with Gasteiger partial charge in [-0.2, -0.15) is 9.65 Å². The van der Waals surface area contributed by atoms with E-state index in [1.807, 2.05) is 24.3 Å². The zero-order valence-corrected chi connectivity index (χ0v) is 76.9. The lowest BCUT2D eigenvalue weighted by atomic mass is 9.52. The summed E-state index contributed by atoms with van der Waals surface area (Å²) in [5.74, 6) is 5.92. The SMILES string of the molecule is C1CCOC1.CC#N.Cc1ccncc1F.Cl.ClCCl.[C-]#[N+]c1ccc2c(c1Cl)CCC1C2CC[C@@]2(C)C1CC[C@@]2(O)Cc1cc[n+](O)cc1F.[C-]#[N+]c1ccc2c(c1Cl)CCC1C2CC[C@@]2(C)C1CC[C@@]2(O)Cc1ccncc1F.[C-]#[N+]c1ccc2c(c1Cl)CCC1C2CC[C@]2(C)C(=O)CCC12.[C-]#[N+]c1ccc2c(c1N)CCC1C2CC[C@]2(C)C(=O)CCC12. The van der Waals surface area contributed by atoms with Crippen LogP contribution in [-0.4, -0.2) is 66.7 Å². The number of rotatable bonds is 4. The van der Waals surface area contributed by atoms with Gasteiger partial charge in [0.2, 0.25) is 28.9 Å². The number of ether oxygens (including phenoxy) is 1. The van der Waals surface area contributed by atoms with E-state index in [4.69, 9.17) is 100 Å². The van der Waals surface area contributed by atoms with Crippen molar-refractivity contribution >= 4 is 110 Å². The number of nitrogens with two attached hydrogens (primary N) is 1. The number of nitrogens with zero attached hydrogens (tertiary/aromatic N) is 8. The zero-order chi connectivity index (χ0) is 89.0. The molecule has 1 aliphatic heterocycles. The fourth-order valence-corrected chi connectivity index (χ4v) is 26.9. The summed E-state index contributed by atoms with van der Waals surface area (Å²) >= 11 is 29.1. The Labute approximate surface area is 766 Å². The minimum absolute atomic E-state index is 0. The van der Waals surface area contributed by atoms with Crippen LogP contribution in [0.15, 0.2) is 104 Å². The topological polar surface area (TPSA) is 201 Å². The van der Waals surface area contributed by atoms with E-state index in [0.717, 1.165) is 172 Å². The quantitative estimate of drug-likeness (QED) is 0.0432. The molecule has 8 saturated carbocycles. The molecular weight excluding hydrogens is 1700 g/mol. The molecule has 12 aliphatic carbocycles. The maximum Gasteiger partial charge on any atom is 0.258 e. The molecule has 18 atom stereocenters. The predicted molar refractivity (Wildman–Crippen MR) is 488 cm³/mol. The number of pyridine rings is 3. The number of aromatic nitrogens is 3. The number of nitrogen functional groups attached to an aromatic ring is 1. The summed E-state index contributed by atoms with van der Waals surface area (Å²) in [6.07, 6.45) is 34.2. The Morgan fingerprint density at radius 1 is 0.512 bits per heavy atom. The molecule has 0 radical (unpaired) electrons. The second-order valence-electron chi connectivity index (χ2n) is 37.8. The Balaban J connectivity index is 0.000000142. The summed E-state index contributed by atoms with van der Waals surface area (Å²) in [6.45, 7) is 43.1. The standard InChI is InChI=1S/C25H27ClFN2O2.C25H26ClFN2O.C19H20ClNO.C19H22N2O.C6H6FN.C4H8O.C2H3N.CH2Cl2.ClH/c1-24-10-7-17-16-5-6-22(28-2)23(26)19(16)4-3-18(17)20(24)8-11-25(24,30)13-15-9-12-29(31)14-21(15)27;1-24-10-7-17-16-5-6-22(28-2)23(26)19(16)4-3-18(17)20(24)8-11-25(24,30)13-15-9-12-29-14-21(15)27;2*1-19-10-9-12-11-5-7-16(21-2)18(20)14(11)4-3-13(12)15(19)6-8-17(19)22;1-5-2-3-8-4-6(5)7;1-2-4-5-3-1;1-2-3;2-1-3;/h5-6,9,12,14,17-18,20,30-31H,3-4,7-8,10-11,13H2,1H3;5-6,9,12,14,17-18,20,30H,3-4,7-8,10-11,13H2,1H3;5,7,12-13,15H,3-4,6,8-10H2,1H3;5,7,12-13,15H,3-4,6,8-10,20H2,1H3;2-4H,1H3;1-4H2;1H3;1H2;1H/q+1;;;;;;;;/t2*17?,18?,20?,24-,25+;2*12?,13?,15?,19-;;;;;/m0000...../s1. The highest BCUT2D eigenvalue weighted by atomic mass is 35.5. The van der Waals surface area contributed by atoms with Crippen LogP contribution in [0.4, 0.5) is 41.6 Å². The van der Waals surface area contributed by atoms with Gasteiger partial charge < -0.3 is 20.7 Å². The lowest BCUT2D eigenvalue weighted by Crippen LogP contribution is -2.52. The average Bonchev–Trinajstić information content (AvgIpc) is 1.58. The number of hydrogen-bond donors (Lipinski definition) is 4. The summed E-state index contributed by atoms with van der Waals surface area (Å²) in [7, 11) is 0. The number of hydrogen-bond acceptors (Lipinski definition) is 10. The van der Waals surface area contributed by atoms with Crippen LogP contribution >= 0.6 is 70.4 Å². The van der Waals surface area contributed by atoms with E-state index >= 15 is 0 Å². The van der Waals surface area contributed by atoms with Gasteiger partial charge in [-0.15, -0.1) is 35.6 Å². The molecule has 3 aromatic heterocycles. The highest BCUT2D eigenvalue weighted by Crippen LogP contribution is 2.69.